The lowest BCUT2D eigenvalue weighted by Gasteiger charge is -2.29. The van der Waals surface area contributed by atoms with E-state index in [9.17, 15) is 0 Å². The van der Waals surface area contributed by atoms with Gasteiger partial charge in [-0.05, 0) is 37.1 Å². The first-order valence-electron chi connectivity index (χ1n) is 5.17. The number of likely N-dealkylation sites (tertiary alicyclic amines) is 1. The zero-order valence-electron chi connectivity index (χ0n) is 8.80. The van der Waals surface area contributed by atoms with E-state index >= 15 is 0 Å². The van der Waals surface area contributed by atoms with Crippen LogP contribution in [-0.2, 0) is 0 Å². The Morgan fingerprint density at radius 3 is 2.42 bits per heavy atom. The van der Waals surface area contributed by atoms with E-state index in [1.165, 1.54) is 19.4 Å². The lowest BCUT2D eigenvalue weighted by molar-refractivity contribution is 0.196. The van der Waals surface area contributed by atoms with E-state index in [1.807, 2.05) is 0 Å². The predicted molar refractivity (Wildman–Crippen MR) is 52.1 cm³/mol. The van der Waals surface area contributed by atoms with Crippen LogP contribution in [0.5, 0.6) is 0 Å². The summed E-state index contributed by atoms with van der Waals surface area (Å²) in [5.41, 5.74) is 0.510. The lowest BCUT2D eigenvalue weighted by atomic mass is 9.86. The summed E-state index contributed by atoms with van der Waals surface area (Å²) in [6.07, 6.45) is 2.90. The van der Waals surface area contributed by atoms with Crippen LogP contribution >= 0.6 is 0 Å². The van der Waals surface area contributed by atoms with Gasteiger partial charge in [-0.3, -0.25) is 0 Å². The van der Waals surface area contributed by atoms with Gasteiger partial charge in [-0.15, -0.1) is 0 Å². The third kappa shape index (κ3) is 1.52. The van der Waals surface area contributed by atoms with Gasteiger partial charge < -0.3 is 4.90 Å². The Hall–Kier alpha value is -0.0400. The summed E-state index contributed by atoms with van der Waals surface area (Å²) in [6.45, 7) is 8.44. The number of hydrogen-bond donors (Lipinski definition) is 0. The van der Waals surface area contributed by atoms with Crippen LogP contribution in [0.3, 0.4) is 0 Å². The zero-order chi connectivity index (χ0) is 8.93. The van der Waals surface area contributed by atoms with Crippen molar-refractivity contribution in [1.29, 1.82) is 0 Å². The van der Waals surface area contributed by atoms with E-state index in [4.69, 9.17) is 0 Å². The first-order valence-corrected chi connectivity index (χ1v) is 5.17. The summed E-state index contributed by atoms with van der Waals surface area (Å²) < 4.78 is 0. The fraction of sp³-hybridized carbons (Fsp3) is 1.00. The van der Waals surface area contributed by atoms with Gasteiger partial charge in [0.1, 0.15) is 0 Å². The fourth-order valence-electron chi connectivity index (χ4n) is 2.72. The highest BCUT2D eigenvalue weighted by atomic mass is 15.2. The normalized spacial score (nSPS) is 41.5. The van der Waals surface area contributed by atoms with Crippen LogP contribution in [0.1, 0.15) is 33.6 Å². The number of nitrogens with zero attached hydrogens (tertiary/aromatic N) is 1. The molecule has 0 bridgehead atoms. The fourth-order valence-corrected chi connectivity index (χ4v) is 2.72. The van der Waals surface area contributed by atoms with E-state index < -0.39 is 0 Å². The monoisotopic (exact) mass is 167 g/mol. The molecule has 1 aliphatic heterocycles. The largest absolute Gasteiger partial charge is 0.303 e. The zero-order valence-corrected chi connectivity index (χ0v) is 8.80. The van der Waals surface area contributed by atoms with E-state index in [1.54, 1.807) is 0 Å². The molecular formula is C11H21N. The van der Waals surface area contributed by atoms with Crippen LogP contribution in [0.15, 0.2) is 0 Å². The van der Waals surface area contributed by atoms with Crippen molar-refractivity contribution in [1.82, 2.24) is 4.90 Å². The van der Waals surface area contributed by atoms with Crippen LogP contribution in [0.25, 0.3) is 0 Å². The third-order valence-corrected chi connectivity index (χ3v) is 3.38. The molecule has 0 radical (unpaired) electrons. The minimum atomic E-state index is 0.510. The molecule has 0 aromatic rings. The second-order valence-electron chi connectivity index (χ2n) is 5.93. The second-order valence-corrected chi connectivity index (χ2v) is 5.93. The molecule has 3 atom stereocenters. The molecule has 0 spiro atoms. The number of fused-ring (bicyclic) bond motifs is 1. The third-order valence-electron chi connectivity index (χ3n) is 3.38. The number of piperidine rings is 1. The molecular weight excluding hydrogens is 146 g/mol. The Bertz CT molecular complexity index is 178. The lowest BCUT2D eigenvalue weighted by Crippen LogP contribution is -2.32. The highest BCUT2D eigenvalue weighted by Crippen LogP contribution is 2.51. The smallest absolute Gasteiger partial charge is 0.0129 e. The molecule has 1 saturated heterocycles. The first-order chi connectivity index (χ1) is 5.47. The van der Waals surface area contributed by atoms with Gasteiger partial charge in [0.2, 0.25) is 0 Å². The van der Waals surface area contributed by atoms with Gasteiger partial charge in [0.15, 0.2) is 0 Å². The summed E-state index contributed by atoms with van der Waals surface area (Å²) >= 11 is 0. The Morgan fingerprint density at radius 2 is 2.00 bits per heavy atom. The molecule has 70 valence electrons. The summed E-state index contributed by atoms with van der Waals surface area (Å²) in [7, 11) is 2.29. The van der Waals surface area contributed by atoms with Gasteiger partial charge in [0.05, 0.1) is 0 Å². The van der Waals surface area contributed by atoms with Gasteiger partial charge in [-0.25, -0.2) is 0 Å². The Labute approximate surface area is 76.1 Å². The van der Waals surface area contributed by atoms with Crippen LogP contribution < -0.4 is 0 Å². The van der Waals surface area contributed by atoms with Crippen LogP contribution in [0, 0.1) is 17.3 Å². The van der Waals surface area contributed by atoms with Gasteiger partial charge in [-0.2, -0.15) is 0 Å². The van der Waals surface area contributed by atoms with E-state index in [0.717, 1.165) is 17.9 Å². The summed E-state index contributed by atoms with van der Waals surface area (Å²) in [6, 6.07) is 0.898. The minimum Gasteiger partial charge on any atom is -0.303 e. The average molecular weight is 167 g/mol. The van der Waals surface area contributed by atoms with Crippen LogP contribution in [0.4, 0.5) is 0 Å². The minimum absolute atomic E-state index is 0.510. The highest BCUT2D eigenvalue weighted by Gasteiger charge is 2.51. The summed E-state index contributed by atoms with van der Waals surface area (Å²) in [5.74, 6) is 2.14. The molecule has 2 rings (SSSR count). The summed E-state index contributed by atoms with van der Waals surface area (Å²) in [4.78, 5) is 2.57. The maximum atomic E-state index is 2.57. The molecule has 2 aliphatic rings. The highest BCUT2D eigenvalue weighted by molar-refractivity contribution is 5.03. The predicted octanol–water partition coefficient (Wildman–Crippen LogP) is 2.37. The second kappa shape index (κ2) is 2.47. The van der Waals surface area contributed by atoms with Crippen molar-refractivity contribution in [2.24, 2.45) is 17.3 Å². The molecule has 1 nitrogen and oxygen atoms in total. The first kappa shape index (κ1) is 8.55. The van der Waals surface area contributed by atoms with Crippen molar-refractivity contribution in [3.8, 4) is 0 Å². The standard InChI is InChI=1S/C11H21N/c1-11(2,3)6-10-9-5-8(9)7-12(10)4/h8-10H,5-7H2,1-4H3. The van der Waals surface area contributed by atoms with Crippen molar-refractivity contribution in [2.45, 2.75) is 39.7 Å². The average Bonchev–Trinajstić information content (AvgIpc) is 2.54. The number of hydrogen-bond acceptors (Lipinski definition) is 1. The Kier molecular flexibility index (Phi) is 1.76. The van der Waals surface area contributed by atoms with Crippen molar-refractivity contribution in [2.75, 3.05) is 13.6 Å². The molecule has 0 amide bonds. The van der Waals surface area contributed by atoms with Gasteiger partial charge >= 0.3 is 0 Å². The molecule has 12 heavy (non-hydrogen) atoms. The van der Waals surface area contributed by atoms with Crippen molar-refractivity contribution in [3.63, 3.8) is 0 Å². The van der Waals surface area contributed by atoms with Crippen LogP contribution in [0.2, 0.25) is 0 Å². The van der Waals surface area contributed by atoms with Gasteiger partial charge in [0, 0.05) is 12.6 Å². The Balaban J connectivity index is 1.95. The molecule has 3 unspecified atom stereocenters. The molecule has 0 N–H and O–H groups in total. The maximum absolute atomic E-state index is 2.57. The molecule has 0 aromatic carbocycles. The molecule has 0 aromatic heterocycles. The van der Waals surface area contributed by atoms with E-state index in [-0.39, 0.29) is 0 Å². The van der Waals surface area contributed by atoms with E-state index in [0.29, 0.717) is 5.41 Å². The topological polar surface area (TPSA) is 3.24 Å². The van der Waals surface area contributed by atoms with Gasteiger partial charge in [0.25, 0.3) is 0 Å². The van der Waals surface area contributed by atoms with Crippen molar-refractivity contribution < 1.29 is 0 Å². The van der Waals surface area contributed by atoms with E-state index in [2.05, 4.69) is 32.7 Å². The quantitative estimate of drug-likeness (QED) is 0.579. The molecule has 2 fully saturated rings. The molecule has 1 aliphatic carbocycles. The Morgan fingerprint density at radius 1 is 1.33 bits per heavy atom. The molecule has 1 heteroatoms. The van der Waals surface area contributed by atoms with Gasteiger partial charge in [-0.1, -0.05) is 20.8 Å². The molecule has 1 saturated carbocycles. The molecule has 1 heterocycles. The van der Waals surface area contributed by atoms with Crippen molar-refractivity contribution >= 4 is 0 Å². The van der Waals surface area contributed by atoms with Crippen LogP contribution in [-0.4, -0.2) is 24.5 Å². The van der Waals surface area contributed by atoms with Crippen molar-refractivity contribution in [3.05, 3.63) is 0 Å². The number of rotatable bonds is 1. The summed E-state index contributed by atoms with van der Waals surface area (Å²) in [5, 5.41) is 0. The maximum Gasteiger partial charge on any atom is 0.0129 e. The SMILES string of the molecule is CN1CC2CC2C1CC(C)(C)C.